The van der Waals surface area contributed by atoms with Crippen LogP contribution in [0.1, 0.15) is 41.5 Å². The lowest BCUT2D eigenvalue weighted by Crippen LogP contribution is -2.75. The van der Waals surface area contributed by atoms with Gasteiger partial charge in [0.05, 0.1) is 11.1 Å². The zero-order chi connectivity index (χ0) is 23.8. The molecular weight excluding hydrogens is 430 g/mol. The predicted molar refractivity (Wildman–Crippen MR) is 101 cm³/mol. The first-order valence-corrected chi connectivity index (χ1v) is 9.50. The molecule has 32 heavy (non-hydrogen) atoms. The fourth-order valence-electron chi connectivity index (χ4n) is 3.67. The van der Waals surface area contributed by atoms with Crippen LogP contribution in [0, 0.1) is 0 Å². The van der Waals surface area contributed by atoms with Crippen LogP contribution < -0.4 is 0 Å². The molecule has 12 nitrogen and oxygen atoms in total. The maximum atomic E-state index is 13.0. The number of fused-ring (bicyclic) bond motifs is 1. The molecule has 0 radical (unpaired) electrons. The highest BCUT2D eigenvalue weighted by atomic mass is 16.7. The number of benzene rings is 1. The largest absolute Gasteiger partial charge is 0.463 e. The second kappa shape index (κ2) is 8.65. The Balaban J connectivity index is 2.09. The van der Waals surface area contributed by atoms with Gasteiger partial charge in [0.2, 0.25) is 12.0 Å². The summed E-state index contributed by atoms with van der Waals surface area (Å²) in [5.74, 6) is -4.59. The van der Waals surface area contributed by atoms with Crippen molar-refractivity contribution in [2.75, 3.05) is 6.61 Å². The monoisotopic (exact) mass is 451 g/mol. The van der Waals surface area contributed by atoms with Gasteiger partial charge in [-0.1, -0.05) is 12.1 Å². The van der Waals surface area contributed by atoms with Crippen LogP contribution in [-0.2, 0) is 33.3 Å². The van der Waals surface area contributed by atoms with E-state index in [-0.39, 0.29) is 11.1 Å². The third-order valence-electron chi connectivity index (χ3n) is 4.95. The summed E-state index contributed by atoms with van der Waals surface area (Å²) in [7, 11) is 0. The van der Waals surface area contributed by atoms with Crippen LogP contribution >= 0.6 is 0 Å². The number of rotatable bonds is 5. The smallest absolute Gasteiger partial charge is 0.303 e. The maximum absolute atomic E-state index is 13.0. The van der Waals surface area contributed by atoms with Crippen molar-refractivity contribution >= 4 is 29.7 Å². The molecular formula is C20H21NO11. The van der Waals surface area contributed by atoms with E-state index in [1.165, 1.54) is 24.3 Å². The molecule has 2 N–H and O–H groups in total. The van der Waals surface area contributed by atoms with E-state index in [0.717, 1.165) is 20.8 Å². The fraction of sp³-hybridized carbons (Fsp3) is 0.450. The molecule has 1 aromatic rings. The Morgan fingerprint density at radius 1 is 1.00 bits per heavy atom. The van der Waals surface area contributed by atoms with Gasteiger partial charge in [-0.05, 0) is 12.1 Å². The molecule has 1 saturated heterocycles. The normalized spacial score (nSPS) is 29.3. The third-order valence-corrected chi connectivity index (χ3v) is 4.95. The summed E-state index contributed by atoms with van der Waals surface area (Å²) in [4.78, 5) is 61.0. The van der Waals surface area contributed by atoms with Crippen molar-refractivity contribution in [3.05, 3.63) is 35.4 Å². The van der Waals surface area contributed by atoms with E-state index in [2.05, 4.69) is 0 Å². The van der Waals surface area contributed by atoms with Crippen molar-refractivity contribution in [1.82, 2.24) is 4.90 Å². The molecule has 0 spiro atoms. The molecule has 0 unspecified atom stereocenters. The summed E-state index contributed by atoms with van der Waals surface area (Å²) in [6.45, 7) is 2.52. The van der Waals surface area contributed by atoms with Gasteiger partial charge in [0, 0.05) is 20.8 Å². The zero-order valence-electron chi connectivity index (χ0n) is 17.3. The van der Waals surface area contributed by atoms with Crippen molar-refractivity contribution in [3.8, 4) is 0 Å². The SMILES string of the molecule is CC(=O)OC[C@H]1O[C@H](O)[C@@](O)(N2C(=O)c3ccccc3C2=O)[C@@H](OC(C)=O)[C@@H]1OC(C)=O. The van der Waals surface area contributed by atoms with Crippen LogP contribution in [0.2, 0.25) is 0 Å². The Labute approximate surface area is 181 Å². The van der Waals surface area contributed by atoms with Crippen molar-refractivity contribution in [2.24, 2.45) is 0 Å². The number of aliphatic hydroxyl groups excluding tert-OH is 1. The van der Waals surface area contributed by atoms with E-state index in [4.69, 9.17) is 18.9 Å². The lowest BCUT2D eigenvalue weighted by Gasteiger charge is -2.50. The molecule has 1 aromatic carbocycles. The minimum Gasteiger partial charge on any atom is -0.463 e. The number of nitrogens with zero attached hydrogens (tertiary/aromatic N) is 1. The molecule has 12 heteroatoms. The number of esters is 3. The second-order valence-electron chi connectivity index (χ2n) is 7.21. The second-order valence-corrected chi connectivity index (χ2v) is 7.21. The first kappa shape index (κ1) is 23.3. The molecule has 2 heterocycles. The topological polar surface area (TPSA) is 166 Å². The van der Waals surface area contributed by atoms with Crippen molar-refractivity contribution in [3.63, 3.8) is 0 Å². The van der Waals surface area contributed by atoms with Gasteiger partial charge in [-0.3, -0.25) is 24.0 Å². The number of carbonyl (C=O) groups excluding carboxylic acids is 5. The standard InChI is InChI=1S/C20H21NO11/c1-9(22)29-8-14-15(30-10(2)23)16(31-11(3)24)20(28,19(27)32-14)21-17(25)12-6-4-5-7-13(12)18(21)26/h4-7,14-16,19,27-28H,8H2,1-3H3/t14-,15-,16+,19+,20-/m1/s1. The predicted octanol–water partition coefficient (Wildman–Crippen LogP) is -0.885. The lowest BCUT2D eigenvalue weighted by atomic mass is 9.91. The number of aliphatic hydroxyl groups is 2. The molecule has 0 bridgehead atoms. The minimum absolute atomic E-state index is 0.0641. The number of carbonyl (C=O) groups is 5. The summed E-state index contributed by atoms with van der Waals surface area (Å²) < 4.78 is 20.4. The van der Waals surface area contributed by atoms with Crippen LogP contribution in [0.15, 0.2) is 24.3 Å². The Morgan fingerprint density at radius 3 is 2.00 bits per heavy atom. The van der Waals surface area contributed by atoms with Gasteiger partial charge < -0.3 is 29.2 Å². The van der Waals surface area contributed by atoms with Gasteiger partial charge in [-0.2, -0.15) is 0 Å². The summed E-state index contributed by atoms with van der Waals surface area (Å²) in [5, 5.41) is 22.2. The number of amides is 2. The van der Waals surface area contributed by atoms with Crippen molar-refractivity contribution in [1.29, 1.82) is 0 Å². The molecule has 2 aliphatic rings. The Hall–Kier alpha value is -3.35. The molecule has 0 aliphatic carbocycles. The number of hydrogen-bond acceptors (Lipinski definition) is 11. The molecule has 0 saturated carbocycles. The average molecular weight is 451 g/mol. The summed E-state index contributed by atoms with van der Waals surface area (Å²) >= 11 is 0. The molecule has 2 aliphatic heterocycles. The van der Waals surface area contributed by atoms with Gasteiger partial charge in [0.25, 0.3) is 11.8 Å². The zero-order valence-corrected chi connectivity index (χ0v) is 17.3. The van der Waals surface area contributed by atoms with Gasteiger partial charge in [0.1, 0.15) is 12.7 Å². The number of hydrogen-bond donors (Lipinski definition) is 2. The van der Waals surface area contributed by atoms with E-state index in [1.54, 1.807) is 0 Å². The third kappa shape index (κ3) is 3.95. The number of ether oxygens (including phenoxy) is 4. The Kier molecular flexibility index (Phi) is 6.30. The van der Waals surface area contributed by atoms with Gasteiger partial charge >= 0.3 is 17.9 Å². The molecule has 1 fully saturated rings. The highest BCUT2D eigenvalue weighted by molar-refractivity contribution is 6.21. The quantitative estimate of drug-likeness (QED) is 0.324. The maximum Gasteiger partial charge on any atom is 0.303 e. The van der Waals surface area contributed by atoms with E-state index < -0.39 is 66.7 Å². The average Bonchev–Trinajstić information content (AvgIpc) is 2.97. The van der Waals surface area contributed by atoms with Crippen LogP contribution in [0.4, 0.5) is 0 Å². The number of imide groups is 1. The Morgan fingerprint density at radius 2 is 1.53 bits per heavy atom. The van der Waals surface area contributed by atoms with E-state index in [1.807, 2.05) is 0 Å². The van der Waals surface area contributed by atoms with Crippen LogP contribution in [-0.4, -0.2) is 81.8 Å². The molecule has 5 atom stereocenters. The van der Waals surface area contributed by atoms with E-state index in [9.17, 15) is 34.2 Å². The summed E-state index contributed by atoms with van der Waals surface area (Å²) in [6, 6.07) is 5.66. The highest BCUT2D eigenvalue weighted by Gasteiger charge is 2.66. The van der Waals surface area contributed by atoms with E-state index in [0.29, 0.717) is 4.90 Å². The minimum atomic E-state index is -2.98. The lowest BCUT2D eigenvalue weighted by molar-refractivity contribution is -0.356. The van der Waals surface area contributed by atoms with Crippen LogP contribution in [0.5, 0.6) is 0 Å². The van der Waals surface area contributed by atoms with Gasteiger partial charge in [-0.15, -0.1) is 0 Å². The molecule has 172 valence electrons. The summed E-state index contributed by atoms with van der Waals surface area (Å²) in [6.07, 6.45) is -7.36. The van der Waals surface area contributed by atoms with Gasteiger partial charge in [0.15, 0.2) is 12.2 Å². The van der Waals surface area contributed by atoms with E-state index >= 15 is 0 Å². The summed E-state index contributed by atoms with van der Waals surface area (Å²) in [5.41, 5.74) is -3.11. The van der Waals surface area contributed by atoms with Crippen molar-refractivity contribution < 1.29 is 53.1 Å². The fourth-order valence-corrected chi connectivity index (χ4v) is 3.67. The molecule has 2 amide bonds. The molecule has 3 rings (SSSR count). The first-order chi connectivity index (χ1) is 15.0. The Bertz CT molecular complexity index is 941. The first-order valence-electron chi connectivity index (χ1n) is 9.50. The van der Waals surface area contributed by atoms with Crippen molar-refractivity contribution in [2.45, 2.75) is 51.1 Å². The molecule has 0 aromatic heterocycles. The van der Waals surface area contributed by atoms with Gasteiger partial charge in [-0.25, -0.2) is 4.90 Å². The highest BCUT2D eigenvalue weighted by Crippen LogP contribution is 2.40. The van der Waals surface area contributed by atoms with Crippen LogP contribution in [0.25, 0.3) is 0 Å². The van der Waals surface area contributed by atoms with Crippen LogP contribution in [0.3, 0.4) is 0 Å².